The van der Waals surface area contributed by atoms with Gasteiger partial charge in [0.1, 0.15) is 18.3 Å². The minimum atomic E-state index is -0.201. The molecule has 0 heterocycles. The van der Waals surface area contributed by atoms with E-state index < -0.39 is 0 Å². The summed E-state index contributed by atoms with van der Waals surface area (Å²) >= 11 is 0. The van der Waals surface area contributed by atoms with E-state index in [1.165, 1.54) is 83.5 Å². The van der Waals surface area contributed by atoms with Crippen LogP contribution in [0, 0.1) is 0 Å². The van der Waals surface area contributed by atoms with Crippen molar-refractivity contribution >= 4 is 18.0 Å². The van der Waals surface area contributed by atoms with Crippen LogP contribution >= 0.6 is 0 Å². The molecule has 0 N–H and O–H groups in total. The summed E-state index contributed by atoms with van der Waals surface area (Å²) in [5.41, 5.74) is 0. The lowest BCUT2D eigenvalue weighted by Crippen LogP contribution is -2.38. The molecule has 0 aliphatic heterocycles. The monoisotopic (exact) mass is 951 g/mol. The van der Waals surface area contributed by atoms with E-state index in [9.17, 15) is 14.4 Å². The number of carbonyl (C=O) groups excluding carboxylic acids is 3. The summed E-state index contributed by atoms with van der Waals surface area (Å²) in [6.45, 7) is 14.6. The molecular formula is C58H114N2O7. The summed E-state index contributed by atoms with van der Waals surface area (Å²) in [6.07, 6.45) is 43.2. The van der Waals surface area contributed by atoms with Crippen molar-refractivity contribution in [2.75, 3.05) is 46.9 Å². The number of ether oxygens (including phenoxy) is 4. The highest BCUT2D eigenvalue weighted by Crippen LogP contribution is 2.21. The quantitative estimate of drug-likeness (QED) is 0.0338. The Morgan fingerprint density at radius 2 is 0.672 bits per heavy atom. The zero-order valence-corrected chi connectivity index (χ0v) is 45.8. The SMILES string of the molecule is CCCCCCC(CCCCCC)OC(=O)CCCCCCCCC(CCCCCCCCC(=O)OC(CCCCCC)CCCCCC)OC(=O)N(CCCN(C)C)CCOCCCCC. The Bertz CT molecular complexity index is 992. The topological polar surface area (TPSA) is 94.6 Å². The van der Waals surface area contributed by atoms with E-state index in [0.717, 1.165) is 174 Å². The van der Waals surface area contributed by atoms with Crippen LogP contribution in [0.15, 0.2) is 0 Å². The van der Waals surface area contributed by atoms with Crippen molar-refractivity contribution in [3.63, 3.8) is 0 Å². The number of carbonyl (C=O) groups is 3. The highest BCUT2D eigenvalue weighted by atomic mass is 16.6. The van der Waals surface area contributed by atoms with E-state index in [1.807, 2.05) is 4.90 Å². The second kappa shape index (κ2) is 50.5. The van der Waals surface area contributed by atoms with Gasteiger partial charge in [0.25, 0.3) is 0 Å². The Kier molecular flexibility index (Phi) is 49.1. The van der Waals surface area contributed by atoms with Gasteiger partial charge < -0.3 is 28.7 Å². The molecule has 0 aliphatic rings. The maximum Gasteiger partial charge on any atom is 0.410 e. The molecule has 0 aromatic rings. The molecule has 0 fully saturated rings. The first-order chi connectivity index (χ1) is 32.7. The van der Waals surface area contributed by atoms with Crippen LogP contribution in [0.25, 0.3) is 0 Å². The third kappa shape index (κ3) is 45.0. The summed E-state index contributed by atoms with van der Waals surface area (Å²) in [5.74, 6) is -0.0195. The number of rotatable bonds is 52. The summed E-state index contributed by atoms with van der Waals surface area (Å²) in [4.78, 5) is 43.4. The fraction of sp³-hybridized carbons (Fsp3) is 0.948. The van der Waals surface area contributed by atoms with Crippen molar-refractivity contribution in [3.05, 3.63) is 0 Å². The fourth-order valence-electron chi connectivity index (χ4n) is 8.99. The maximum absolute atomic E-state index is 13.7. The average Bonchev–Trinajstić information content (AvgIpc) is 3.31. The Labute approximate surface area is 416 Å². The molecule has 9 heteroatoms. The Balaban J connectivity index is 5.02. The number of hydrogen-bond acceptors (Lipinski definition) is 8. The van der Waals surface area contributed by atoms with Gasteiger partial charge in [0, 0.05) is 32.5 Å². The van der Waals surface area contributed by atoms with Crippen LogP contribution in [0.5, 0.6) is 0 Å². The van der Waals surface area contributed by atoms with Gasteiger partial charge in [-0.1, -0.05) is 176 Å². The largest absolute Gasteiger partial charge is 0.462 e. The molecule has 0 bridgehead atoms. The number of nitrogens with zero attached hydrogens (tertiary/aromatic N) is 2. The van der Waals surface area contributed by atoms with Gasteiger partial charge in [0.2, 0.25) is 0 Å². The zero-order valence-electron chi connectivity index (χ0n) is 45.8. The Morgan fingerprint density at radius 3 is 1.04 bits per heavy atom. The number of unbranched alkanes of at least 4 members (excludes halogenated alkanes) is 24. The molecule has 0 atom stereocenters. The lowest BCUT2D eigenvalue weighted by Gasteiger charge is -2.26. The van der Waals surface area contributed by atoms with Crippen molar-refractivity contribution in [2.24, 2.45) is 0 Å². The second-order valence-corrected chi connectivity index (χ2v) is 20.4. The minimum absolute atomic E-state index is 0.00977. The summed E-state index contributed by atoms with van der Waals surface area (Å²) < 4.78 is 24.3. The predicted molar refractivity (Wildman–Crippen MR) is 284 cm³/mol. The predicted octanol–water partition coefficient (Wildman–Crippen LogP) is 16.9. The fourth-order valence-corrected chi connectivity index (χ4v) is 8.99. The van der Waals surface area contributed by atoms with E-state index in [2.05, 4.69) is 53.6 Å². The Morgan fingerprint density at radius 1 is 0.343 bits per heavy atom. The normalized spacial score (nSPS) is 11.7. The van der Waals surface area contributed by atoms with Gasteiger partial charge in [-0.05, 0) is 123 Å². The highest BCUT2D eigenvalue weighted by molar-refractivity contribution is 5.70. The van der Waals surface area contributed by atoms with Crippen molar-refractivity contribution < 1.29 is 33.3 Å². The first kappa shape index (κ1) is 65.1. The van der Waals surface area contributed by atoms with Crippen molar-refractivity contribution in [1.82, 2.24) is 9.80 Å². The molecule has 0 radical (unpaired) electrons. The molecule has 0 saturated carbocycles. The first-order valence-corrected chi connectivity index (χ1v) is 29.3. The maximum atomic E-state index is 13.7. The molecule has 9 nitrogen and oxygen atoms in total. The number of esters is 2. The summed E-state index contributed by atoms with van der Waals surface area (Å²) in [6, 6.07) is 0. The highest BCUT2D eigenvalue weighted by Gasteiger charge is 2.21. The molecule has 0 spiro atoms. The lowest BCUT2D eigenvalue weighted by atomic mass is 10.0. The van der Waals surface area contributed by atoms with Gasteiger partial charge in [0.05, 0.1) is 6.61 Å². The molecule has 67 heavy (non-hydrogen) atoms. The van der Waals surface area contributed by atoms with Crippen molar-refractivity contribution in [1.29, 1.82) is 0 Å². The van der Waals surface area contributed by atoms with Gasteiger partial charge in [-0.3, -0.25) is 9.59 Å². The summed E-state index contributed by atoms with van der Waals surface area (Å²) in [5, 5.41) is 0. The number of amides is 1. The van der Waals surface area contributed by atoms with E-state index in [-0.39, 0.29) is 36.3 Å². The van der Waals surface area contributed by atoms with Crippen molar-refractivity contribution in [3.8, 4) is 0 Å². The minimum Gasteiger partial charge on any atom is -0.462 e. The molecule has 0 aromatic carbocycles. The molecular weight excluding hydrogens is 837 g/mol. The van der Waals surface area contributed by atoms with Crippen LogP contribution < -0.4 is 0 Å². The molecule has 0 unspecified atom stereocenters. The van der Waals surface area contributed by atoms with E-state index >= 15 is 0 Å². The van der Waals surface area contributed by atoms with Crippen LogP contribution in [0.1, 0.15) is 291 Å². The van der Waals surface area contributed by atoms with Gasteiger partial charge in [-0.25, -0.2) is 4.79 Å². The first-order valence-electron chi connectivity index (χ1n) is 29.3. The molecule has 0 aromatic heterocycles. The number of hydrogen-bond donors (Lipinski definition) is 0. The van der Waals surface area contributed by atoms with Crippen LogP contribution in [0.3, 0.4) is 0 Å². The van der Waals surface area contributed by atoms with Gasteiger partial charge in [0.15, 0.2) is 0 Å². The zero-order chi connectivity index (χ0) is 49.3. The standard InChI is InChI=1S/C58H114N2O7/c1-8-13-18-30-40-53(41-31-19-14-9-2)65-56(61)46-36-28-24-22-26-34-44-55(67-58(63)60(49-39-48-59(6)7)50-52-64-51-38-17-12-5)45-35-27-23-25-29-37-47-57(62)66-54(42-32-20-15-10-3)43-33-21-16-11-4/h53-55H,8-52H2,1-7H3. The van der Waals surface area contributed by atoms with E-state index in [0.29, 0.717) is 32.5 Å². The second-order valence-electron chi connectivity index (χ2n) is 20.4. The molecule has 0 saturated heterocycles. The van der Waals surface area contributed by atoms with Gasteiger partial charge in [-0.15, -0.1) is 0 Å². The van der Waals surface area contributed by atoms with Gasteiger partial charge >= 0.3 is 18.0 Å². The smallest absolute Gasteiger partial charge is 0.410 e. The van der Waals surface area contributed by atoms with E-state index in [1.54, 1.807) is 0 Å². The molecule has 0 rings (SSSR count). The van der Waals surface area contributed by atoms with Crippen LogP contribution in [-0.2, 0) is 28.5 Å². The van der Waals surface area contributed by atoms with Crippen LogP contribution in [0.4, 0.5) is 4.79 Å². The molecule has 1 amide bonds. The Hall–Kier alpha value is -1.87. The third-order valence-corrected chi connectivity index (χ3v) is 13.4. The van der Waals surface area contributed by atoms with Gasteiger partial charge in [-0.2, -0.15) is 0 Å². The molecule has 398 valence electrons. The summed E-state index contributed by atoms with van der Waals surface area (Å²) in [7, 11) is 4.14. The molecule has 0 aliphatic carbocycles. The van der Waals surface area contributed by atoms with E-state index in [4.69, 9.17) is 18.9 Å². The van der Waals surface area contributed by atoms with Crippen molar-refractivity contribution in [2.45, 2.75) is 310 Å². The average molecular weight is 952 g/mol. The lowest BCUT2D eigenvalue weighted by molar-refractivity contribution is -0.151. The van der Waals surface area contributed by atoms with Crippen LogP contribution in [0.2, 0.25) is 0 Å². The third-order valence-electron chi connectivity index (χ3n) is 13.4. The van der Waals surface area contributed by atoms with Crippen LogP contribution in [-0.4, -0.2) is 93.1 Å².